The molecule has 17 heavy (non-hydrogen) atoms. The number of nitrogens with two attached hydrogens (primary N) is 1. The average molecular weight is 241 g/mol. The van der Waals surface area contributed by atoms with Crippen LogP contribution in [0.15, 0.2) is 28.7 Å². The van der Waals surface area contributed by atoms with Gasteiger partial charge < -0.3 is 10.2 Å². The van der Waals surface area contributed by atoms with E-state index in [4.69, 9.17) is 10.2 Å². The van der Waals surface area contributed by atoms with Crippen LogP contribution in [0.4, 0.5) is 13.2 Å². The average Bonchev–Trinajstić information content (AvgIpc) is 2.74. The van der Waals surface area contributed by atoms with Crippen molar-refractivity contribution in [2.24, 2.45) is 5.73 Å². The van der Waals surface area contributed by atoms with Gasteiger partial charge in [0, 0.05) is 5.56 Å². The highest BCUT2D eigenvalue weighted by Gasteiger charge is 2.14. The standard InChI is InChI=1S/C12H10F3NO/c1-6(16)10-2-3-11(17-10)7-4-8(13)12(15)9(14)5-7/h2-6H,16H2,1H3. The number of hydrogen-bond donors (Lipinski definition) is 1. The Labute approximate surface area is 95.8 Å². The predicted octanol–water partition coefficient (Wildman–Crippen LogP) is 3.38. The van der Waals surface area contributed by atoms with Gasteiger partial charge in [-0.1, -0.05) is 0 Å². The summed E-state index contributed by atoms with van der Waals surface area (Å²) in [5.74, 6) is -3.26. The fourth-order valence-electron chi connectivity index (χ4n) is 1.45. The summed E-state index contributed by atoms with van der Waals surface area (Å²) in [5.41, 5.74) is 5.72. The predicted molar refractivity (Wildman–Crippen MR) is 56.6 cm³/mol. The van der Waals surface area contributed by atoms with Gasteiger partial charge in [0.25, 0.3) is 0 Å². The summed E-state index contributed by atoms with van der Waals surface area (Å²) in [6.07, 6.45) is 0. The van der Waals surface area contributed by atoms with E-state index < -0.39 is 17.5 Å². The second-order valence-corrected chi connectivity index (χ2v) is 3.74. The molecule has 2 N–H and O–H groups in total. The van der Waals surface area contributed by atoms with Crippen molar-refractivity contribution in [3.8, 4) is 11.3 Å². The zero-order valence-corrected chi connectivity index (χ0v) is 9.01. The number of rotatable bonds is 2. The van der Waals surface area contributed by atoms with Crippen LogP contribution in [0.25, 0.3) is 11.3 Å². The minimum atomic E-state index is -1.49. The van der Waals surface area contributed by atoms with Crippen molar-refractivity contribution in [2.45, 2.75) is 13.0 Å². The number of hydrogen-bond acceptors (Lipinski definition) is 2. The molecule has 0 bridgehead atoms. The number of benzene rings is 1. The molecule has 0 radical (unpaired) electrons. The van der Waals surface area contributed by atoms with Gasteiger partial charge in [0.15, 0.2) is 17.5 Å². The molecule has 2 aromatic rings. The molecule has 0 aliphatic rings. The van der Waals surface area contributed by atoms with Gasteiger partial charge in [-0.2, -0.15) is 0 Å². The van der Waals surface area contributed by atoms with Crippen LogP contribution in [0.1, 0.15) is 18.7 Å². The van der Waals surface area contributed by atoms with E-state index in [-0.39, 0.29) is 17.4 Å². The van der Waals surface area contributed by atoms with E-state index in [0.29, 0.717) is 5.76 Å². The van der Waals surface area contributed by atoms with Gasteiger partial charge in [-0.05, 0) is 31.2 Å². The lowest BCUT2D eigenvalue weighted by Gasteiger charge is -2.02. The lowest BCUT2D eigenvalue weighted by Crippen LogP contribution is -2.02. The number of furan rings is 1. The van der Waals surface area contributed by atoms with Gasteiger partial charge in [0.1, 0.15) is 11.5 Å². The first-order chi connectivity index (χ1) is 7.99. The van der Waals surface area contributed by atoms with Crippen LogP contribution in [-0.4, -0.2) is 0 Å². The number of halogens is 3. The van der Waals surface area contributed by atoms with Crippen LogP contribution >= 0.6 is 0 Å². The first kappa shape index (κ1) is 11.7. The summed E-state index contributed by atoms with van der Waals surface area (Å²) >= 11 is 0. The molecule has 0 amide bonds. The van der Waals surface area contributed by atoms with Gasteiger partial charge in [-0.25, -0.2) is 13.2 Å². The molecular weight excluding hydrogens is 231 g/mol. The van der Waals surface area contributed by atoms with Crippen LogP contribution in [0, 0.1) is 17.5 Å². The molecule has 1 unspecified atom stereocenters. The first-order valence-electron chi connectivity index (χ1n) is 4.99. The topological polar surface area (TPSA) is 39.2 Å². The molecule has 0 fully saturated rings. The second-order valence-electron chi connectivity index (χ2n) is 3.74. The molecule has 90 valence electrons. The van der Waals surface area contributed by atoms with E-state index >= 15 is 0 Å². The normalized spacial score (nSPS) is 12.8. The van der Waals surface area contributed by atoms with E-state index in [1.807, 2.05) is 0 Å². The van der Waals surface area contributed by atoms with Crippen LogP contribution in [0.3, 0.4) is 0 Å². The minimum absolute atomic E-state index is 0.133. The largest absolute Gasteiger partial charge is 0.459 e. The maximum atomic E-state index is 13.0. The van der Waals surface area contributed by atoms with Crippen LogP contribution in [-0.2, 0) is 0 Å². The molecule has 0 saturated carbocycles. The summed E-state index contributed by atoms with van der Waals surface area (Å²) in [6, 6.07) is 4.58. The van der Waals surface area contributed by atoms with Crippen LogP contribution < -0.4 is 5.73 Å². The van der Waals surface area contributed by atoms with Gasteiger partial charge in [0.2, 0.25) is 0 Å². The molecule has 2 rings (SSSR count). The van der Waals surface area contributed by atoms with Gasteiger partial charge in [-0.15, -0.1) is 0 Å². The third kappa shape index (κ3) is 2.19. The molecule has 0 saturated heterocycles. The summed E-state index contributed by atoms with van der Waals surface area (Å²) in [6.45, 7) is 1.72. The molecule has 2 nitrogen and oxygen atoms in total. The molecule has 0 aliphatic heterocycles. The van der Waals surface area contributed by atoms with Crippen molar-refractivity contribution < 1.29 is 17.6 Å². The lowest BCUT2D eigenvalue weighted by atomic mass is 10.1. The molecule has 0 aliphatic carbocycles. The van der Waals surface area contributed by atoms with Crippen LogP contribution in [0.2, 0.25) is 0 Å². The zero-order valence-electron chi connectivity index (χ0n) is 9.01. The monoisotopic (exact) mass is 241 g/mol. The second kappa shape index (κ2) is 4.25. The van der Waals surface area contributed by atoms with E-state index in [9.17, 15) is 13.2 Å². The summed E-state index contributed by atoms with van der Waals surface area (Å²) in [5, 5.41) is 0. The van der Waals surface area contributed by atoms with Crippen molar-refractivity contribution in [3.63, 3.8) is 0 Å². The highest BCUT2D eigenvalue weighted by Crippen LogP contribution is 2.27. The molecule has 1 heterocycles. The van der Waals surface area contributed by atoms with E-state index in [1.165, 1.54) is 6.07 Å². The van der Waals surface area contributed by atoms with Crippen molar-refractivity contribution in [1.29, 1.82) is 0 Å². The van der Waals surface area contributed by atoms with Gasteiger partial charge in [-0.3, -0.25) is 0 Å². The third-order valence-electron chi connectivity index (χ3n) is 2.34. The molecular formula is C12H10F3NO. The van der Waals surface area contributed by atoms with Crippen molar-refractivity contribution in [3.05, 3.63) is 47.5 Å². The summed E-state index contributed by atoms with van der Waals surface area (Å²) < 4.78 is 44.1. The fraction of sp³-hybridized carbons (Fsp3) is 0.167. The highest BCUT2D eigenvalue weighted by atomic mass is 19.2. The Morgan fingerprint density at radius 1 is 1.12 bits per heavy atom. The van der Waals surface area contributed by atoms with E-state index in [0.717, 1.165) is 12.1 Å². The Kier molecular flexibility index (Phi) is 2.93. The molecule has 1 aromatic carbocycles. The quantitative estimate of drug-likeness (QED) is 0.818. The SMILES string of the molecule is CC(N)c1ccc(-c2cc(F)c(F)c(F)c2)o1. The van der Waals surface area contributed by atoms with Crippen molar-refractivity contribution in [2.75, 3.05) is 0 Å². The Bertz CT molecular complexity index is 525. The Morgan fingerprint density at radius 3 is 2.18 bits per heavy atom. The van der Waals surface area contributed by atoms with Gasteiger partial charge in [0.05, 0.1) is 6.04 Å². The van der Waals surface area contributed by atoms with E-state index in [2.05, 4.69) is 0 Å². The zero-order chi connectivity index (χ0) is 12.6. The molecule has 5 heteroatoms. The Hall–Kier alpha value is -1.75. The lowest BCUT2D eigenvalue weighted by molar-refractivity contribution is 0.445. The Morgan fingerprint density at radius 2 is 1.71 bits per heavy atom. The summed E-state index contributed by atoms with van der Waals surface area (Å²) in [4.78, 5) is 0. The highest BCUT2D eigenvalue weighted by molar-refractivity contribution is 5.57. The smallest absolute Gasteiger partial charge is 0.194 e. The third-order valence-corrected chi connectivity index (χ3v) is 2.34. The molecule has 0 spiro atoms. The van der Waals surface area contributed by atoms with Gasteiger partial charge >= 0.3 is 0 Å². The fourth-order valence-corrected chi connectivity index (χ4v) is 1.45. The first-order valence-corrected chi connectivity index (χ1v) is 4.99. The maximum Gasteiger partial charge on any atom is 0.194 e. The maximum absolute atomic E-state index is 13.0. The Balaban J connectivity index is 2.46. The molecule has 1 atom stereocenters. The van der Waals surface area contributed by atoms with Crippen LogP contribution in [0.5, 0.6) is 0 Å². The van der Waals surface area contributed by atoms with E-state index in [1.54, 1.807) is 13.0 Å². The molecule has 1 aromatic heterocycles. The van der Waals surface area contributed by atoms with Crippen molar-refractivity contribution in [1.82, 2.24) is 0 Å². The minimum Gasteiger partial charge on any atom is -0.459 e. The van der Waals surface area contributed by atoms with Crippen molar-refractivity contribution >= 4 is 0 Å². The summed E-state index contributed by atoms with van der Waals surface area (Å²) in [7, 11) is 0.